The lowest BCUT2D eigenvalue weighted by molar-refractivity contribution is -0.132. The molecule has 0 spiro atoms. The largest absolute Gasteiger partial charge is 0.369 e. The molecule has 1 aliphatic heterocycles. The number of likely N-dealkylation sites (N-methyl/N-ethyl adjacent to an activating group) is 1. The summed E-state index contributed by atoms with van der Waals surface area (Å²) in [4.78, 5) is 34.2. The number of pyridine rings is 1. The van der Waals surface area contributed by atoms with Gasteiger partial charge in [-0.3, -0.25) is 14.6 Å². The maximum atomic E-state index is 12.5. The van der Waals surface area contributed by atoms with E-state index in [9.17, 15) is 9.59 Å². The van der Waals surface area contributed by atoms with Gasteiger partial charge in [-0.1, -0.05) is 6.07 Å². The standard InChI is InChI=1S/C17H27N5O2/c1-20(13-15-5-3-4-7-19-15)8-6-16(23)22-10-9-21(2)11-14(12-22)17(18)24/h3-5,7,14H,6,8-13H2,1-2H3,(H2,18,24). The third-order valence-electron chi connectivity index (χ3n) is 4.34. The van der Waals surface area contributed by atoms with Crippen LogP contribution < -0.4 is 5.73 Å². The van der Waals surface area contributed by atoms with Crippen LogP contribution in [0.5, 0.6) is 0 Å². The molecule has 0 aliphatic carbocycles. The molecule has 1 fully saturated rings. The van der Waals surface area contributed by atoms with Gasteiger partial charge < -0.3 is 20.4 Å². The van der Waals surface area contributed by atoms with Crippen molar-refractivity contribution in [2.45, 2.75) is 13.0 Å². The van der Waals surface area contributed by atoms with Gasteiger partial charge in [-0.05, 0) is 26.2 Å². The molecule has 1 unspecified atom stereocenters. The summed E-state index contributed by atoms with van der Waals surface area (Å²) in [6.07, 6.45) is 2.20. The van der Waals surface area contributed by atoms with Gasteiger partial charge in [0.2, 0.25) is 11.8 Å². The number of aromatic nitrogens is 1. The summed E-state index contributed by atoms with van der Waals surface area (Å²) in [7, 11) is 3.93. The summed E-state index contributed by atoms with van der Waals surface area (Å²) >= 11 is 0. The average Bonchev–Trinajstić information content (AvgIpc) is 2.75. The van der Waals surface area contributed by atoms with Crippen molar-refractivity contribution in [3.63, 3.8) is 0 Å². The molecule has 1 aliphatic rings. The Bertz CT molecular complexity index is 551. The molecular weight excluding hydrogens is 306 g/mol. The summed E-state index contributed by atoms with van der Waals surface area (Å²) in [6.45, 7) is 3.80. The Morgan fingerprint density at radius 1 is 1.33 bits per heavy atom. The zero-order chi connectivity index (χ0) is 17.5. The number of carbonyl (C=O) groups excluding carboxylic acids is 2. The number of rotatable bonds is 6. The van der Waals surface area contributed by atoms with Crippen LogP contribution in [0, 0.1) is 5.92 Å². The minimum Gasteiger partial charge on any atom is -0.369 e. The van der Waals surface area contributed by atoms with Crippen LogP contribution in [0.1, 0.15) is 12.1 Å². The van der Waals surface area contributed by atoms with Crippen molar-refractivity contribution < 1.29 is 9.59 Å². The normalized spacial score (nSPS) is 19.3. The Morgan fingerprint density at radius 2 is 2.12 bits per heavy atom. The number of nitrogens with two attached hydrogens (primary N) is 1. The van der Waals surface area contributed by atoms with E-state index in [0.717, 1.165) is 12.2 Å². The lowest BCUT2D eigenvalue weighted by atomic mass is 10.1. The summed E-state index contributed by atoms with van der Waals surface area (Å²) in [5.41, 5.74) is 6.43. The maximum absolute atomic E-state index is 12.5. The highest BCUT2D eigenvalue weighted by Crippen LogP contribution is 2.10. The van der Waals surface area contributed by atoms with E-state index in [1.165, 1.54) is 0 Å². The molecule has 0 radical (unpaired) electrons. The molecule has 2 amide bonds. The van der Waals surface area contributed by atoms with Gasteiger partial charge >= 0.3 is 0 Å². The van der Waals surface area contributed by atoms with Gasteiger partial charge in [0.25, 0.3) is 0 Å². The molecular formula is C17H27N5O2. The first-order valence-corrected chi connectivity index (χ1v) is 8.30. The highest BCUT2D eigenvalue weighted by molar-refractivity contribution is 5.80. The van der Waals surface area contributed by atoms with Crippen molar-refractivity contribution in [1.29, 1.82) is 0 Å². The summed E-state index contributed by atoms with van der Waals surface area (Å²) in [5.74, 6) is -0.564. The first-order valence-electron chi connectivity index (χ1n) is 8.30. The molecule has 1 aromatic heterocycles. The second-order valence-electron chi connectivity index (χ2n) is 6.51. The van der Waals surface area contributed by atoms with E-state index in [-0.39, 0.29) is 17.7 Å². The Balaban J connectivity index is 1.83. The molecule has 132 valence electrons. The summed E-state index contributed by atoms with van der Waals surface area (Å²) in [5, 5.41) is 0. The summed E-state index contributed by atoms with van der Waals surface area (Å²) < 4.78 is 0. The quantitative estimate of drug-likeness (QED) is 0.778. The van der Waals surface area contributed by atoms with Crippen LogP contribution in [0.3, 0.4) is 0 Å². The number of hydrogen-bond acceptors (Lipinski definition) is 5. The first-order chi connectivity index (χ1) is 11.5. The third kappa shape index (κ3) is 5.58. The van der Waals surface area contributed by atoms with E-state index in [4.69, 9.17) is 5.73 Å². The highest BCUT2D eigenvalue weighted by atomic mass is 16.2. The van der Waals surface area contributed by atoms with Crippen LogP contribution in [-0.4, -0.2) is 78.3 Å². The Kier molecular flexibility index (Phi) is 6.69. The van der Waals surface area contributed by atoms with E-state index in [2.05, 4.69) is 14.8 Å². The smallest absolute Gasteiger partial charge is 0.223 e. The van der Waals surface area contributed by atoms with Crippen molar-refractivity contribution in [1.82, 2.24) is 19.7 Å². The molecule has 2 N–H and O–H groups in total. The average molecular weight is 333 g/mol. The van der Waals surface area contributed by atoms with Crippen LogP contribution in [0.2, 0.25) is 0 Å². The minimum atomic E-state index is -0.339. The number of carbonyl (C=O) groups is 2. The van der Waals surface area contributed by atoms with Crippen molar-refractivity contribution in [2.24, 2.45) is 11.7 Å². The molecule has 0 saturated carbocycles. The zero-order valence-corrected chi connectivity index (χ0v) is 14.5. The Labute approximate surface area is 143 Å². The monoisotopic (exact) mass is 333 g/mol. The second kappa shape index (κ2) is 8.75. The van der Waals surface area contributed by atoms with E-state index in [1.807, 2.05) is 32.3 Å². The number of hydrogen-bond donors (Lipinski definition) is 1. The third-order valence-corrected chi connectivity index (χ3v) is 4.34. The number of amides is 2. The van der Waals surface area contributed by atoms with Crippen LogP contribution in [0.25, 0.3) is 0 Å². The van der Waals surface area contributed by atoms with E-state index in [0.29, 0.717) is 39.1 Å². The fourth-order valence-corrected chi connectivity index (χ4v) is 2.87. The topological polar surface area (TPSA) is 82.8 Å². The van der Waals surface area contributed by atoms with Gasteiger partial charge in [0.1, 0.15) is 0 Å². The van der Waals surface area contributed by atoms with Crippen molar-refractivity contribution in [3.05, 3.63) is 30.1 Å². The molecule has 7 heteroatoms. The van der Waals surface area contributed by atoms with E-state index in [1.54, 1.807) is 11.1 Å². The lowest BCUT2D eigenvalue weighted by Gasteiger charge is -2.24. The Hall–Kier alpha value is -1.99. The van der Waals surface area contributed by atoms with Gasteiger partial charge in [-0.2, -0.15) is 0 Å². The first kappa shape index (κ1) is 18.4. The molecule has 2 heterocycles. The SMILES string of the molecule is CN(CCC(=O)N1CCN(C)CC(C(N)=O)C1)Cc1ccccn1. The van der Waals surface area contributed by atoms with Gasteiger partial charge in [0, 0.05) is 51.9 Å². The molecule has 1 atom stereocenters. The van der Waals surface area contributed by atoms with Gasteiger partial charge in [-0.15, -0.1) is 0 Å². The Morgan fingerprint density at radius 3 is 2.79 bits per heavy atom. The van der Waals surface area contributed by atoms with Crippen molar-refractivity contribution in [2.75, 3.05) is 46.8 Å². The predicted octanol–water partition coefficient (Wildman–Crippen LogP) is -0.221. The van der Waals surface area contributed by atoms with Crippen LogP contribution in [-0.2, 0) is 16.1 Å². The predicted molar refractivity (Wildman–Crippen MR) is 91.9 cm³/mol. The molecule has 0 aromatic carbocycles. The molecule has 1 aromatic rings. The van der Waals surface area contributed by atoms with Crippen LogP contribution in [0.15, 0.2) is 24.4 Å². The number of primary amides is 1. The second-order valence-corrected chi connectivity index (χ2v) is 6.51. The van der Waals surface area contributed by atoms with E-state index >= 15 is 0 Å². The van der Waals surface area contributed by atoms with Gasteiger partial charge in [0.15, 0.2) is 0 Å². The van der Waals surface area contributed by atoms with Crippen molar-refractivity contribution in [3.8, 4) is 0 Å². The molecule has 24 heavy (non-hydrogen) atoms. The minimum absolute atomic E-state index is 0.0735. The van der Waals surface area contributed by atoms with Crippen LogP contribution >= 0.6 is 0 Å². The fraction of sp³-hybridized carbons (Fsp3) is 0.588. The molecule has 2 rings (SSSR count). The summed E-state index contributed by atoms with van der Waals surface area (Å²) in [6, 6.07) is 5.82. The fourth-order valence-electron chi connectivity index (χ4n) is 2.87. The van der Waals surface area contributed by atoms with Crippen LogP contribution in [0.4, 0.5) is 0 Å². The molecule has 1 saturated heterocycles. The van der Waals surface area contributed by atoms with Gasteiger partial charge in [0.05, 0.1) is 11.6 Å². The lowest BCUT2D eigenvalue weighted by Crippen LogP contribution is -2.41. The molecule has 7 nitrogen and oxygen atoms in total. The molecule has 0 bridgehead atoms. The van der Waals surface area contributed by atoms with Crippen molar-refractivity contribution >= 4 is 11.8 Å². The van der Waals surface area contributed by atoms with E-state index < -0.39 is 0 Å². The zero-order valence-electron chi connectivity index (χ0n) is 14.5. The highest BCUT2D eigenvalue weighted by Gasteiger charge is 2.27. The maximum Gasteiger partial charge on any atom is 0.223 e. The van der Waals surface area contributed by atoms with Gasteiger partial charge in [-0.25, -0.2) is 0 Å². The number of nitrogens with zero attached hydrogens (tertiary/aromatic N) is 4.